The zero-order valence-corrected chi connectivity index (χ0v) is 12.1. The van der Waals surface area contributed by atoms with Crippen LogP contribution in [0.2, 0.25) is 0 Å². The monoisotopic (exact) mass is 298 g/mol. The molecule has 0 bridgehead atoms. The van der Waals surface area contributed by atoms with Crippen LogP contribution in [0.3, 0.4) is 0 Å². The highest BCUT2D eigenvalue weighted by Gasteiger charge is 2.26. The van der Waals surface area contributed by atoms with Crippen molar-refractivity contribution in [1.82, 2.24) is 0 Å². The predicted octanol–water partition coefficient (Wildman–Crippen LogP) is 0.723. The van der Waals surface area contributed by atoms with E-state index < -0.39 is 10.0 Å². The van der Waals surface area contributed by atoms with Gasteiger partial charge in [0.25, 0.3) is 0 Å². The molecule has 0 aromatic heterocycles. The molecule has 1 unspecified atom stereocenters. The second-order valence-corrected chi connectivity index (χ2v) is 6.41. The summed E-state index contributed by atoms with van der Waals surface area (Å²) in [6.07, 6.45) is 1.72. The molecular weight excluding hydrogens is 280 g/mol. The summed E-state index contributed by atoms with van der Waals surface area (Å²) < 4.78 is 27.2. The van der Waals surface area contributed by atoms with Crippen molar-refractivity contribution in [2.24, 2.45) is 11.1 Å². The number of esters is 1. The smallest absolute Gasteiger partial charge is 0.310 e. The number of hydrogen-bond donors (Lipinski definition) is 1. The number of rotatable bonds is 3. The van der Waals surface area contributed by atoms with Gasteiger partial charge in [-0.2, -0.15) is 0 Å². The van der Waals surface area contributed by atoms with E-state index in [0.717, 1.165) is 25.1 Å². The second-order valence-electron chi connectivity index (χ2n) is 4.85. The highest BCUT2D eigenvalue weighted by Crippen LogP contribution is 2.24. The van der Waals surface area contributed by atoms with E-state index in [9.17, 15) is 13.2 Å². The van der Waals surface area contributed by atoms with E-state index >= 15 is 0 Å². The molecule has 0 aliphatic carbocycles. The first-order valence-electron chi connectivity index (χ1n) is 6.37. The van der Waals surface area contributed by atoms with Gasteiger partial charge in [0.15, 0.2) is 0 Å². The van der Waals surface area contributed by atoms with Crippen LogP contribution in [0.5, 0.6) is 0 Å². The molecule has 1 atom stereocenters. The maximum atomic E-state index is 11.6. The fourth-order valence-electron chi connectivity index (χ4n) is 2.42. The lowest BCUT2D eigenvalue weighted by molar-refractivity contribution is -0.145. The Bertz CT molecular complexity index is 583. The number of nitrogens with zero attached hydrogens (tertiary/aromatic N) is 1. The van der Waals surface area contributed by atoms with Gasteiger partial charge in [-0.25, -0.2) is 13.6 Å². The number of methoxy groups -OCH3 is 1. The Kier molecular flexibility index (Phi) is 4.29. The van der Waals surface area contributed by atoms with Crippen molar-refractivity contribution in [3.8, 4) is 0 Å². The number of carbonyl (C=O) groups is 1. The van der Waals surface area contributed by atoms with Crippen molar-refractivity contribution in [2.75, 3.05) is 25.1 Å². The zero-order valence-electron chi connectivity index (χ0n) is 11.3. The molecule has 2 N–H and O–H groups in total. The first-order valence-corrected chi connectivity index (χ1v) is 7.92. The SMILES string of the molecule is COC(=O)C1CCCN(c2ccc(S(N)(=O)=O)cc2)C1. The largest absolute Gasteiger partial charge is 0.469 e. The molecule has 1 heterocycles. The number of piperidine rings is 1. The Morgan fingerprint density at radius 3 is 2.55 bits per heavy atom. The van der Waals surface area contributed by atoms with Crippen molar-refractivity contribution >= 4 is 21.7 Å². The standard InChI is InChI=1S/C13H18N2O4S/c1-19-13(16)10-3-2-8-15(9-10)11-4-6-12(7-5-11)20(14,17)18/h4-7,10H,2-3,8-9H2,1H3,(H2,14,17,18). The normalized spacial score (nSPS) is 19.7. The van der Waals surface area contributed by atoms with E-state index in [0.29, 0.717) is 6.54 Å². The van der Waals surface area contributed by atoms with Gasteiger partial charge in [-0.15, -0.1) is 0 Å². The molecule has 20 heavy (non-hydrogen) atoms. The maximum absolute atomic E-state index is 11.6. The molecule has 0 saturated carbocycles. The van der Waals surface area contributed by atoms with Crippen molar-refractivity contribution in [3.05, 3.63) is 24.3 Å². The third-order valence-electron chi connectivity index (χ3n) is 3.49. The molecular formula is C13H18N2O4S. The van der Waals surface area contributed by atoms with Gasteiger partial charge in [0.05, 0.1) is 17.9 Å². The maximum Gasteiger partial charge on any atom is 0.310 e. The van der Waals surface area contributed by atoms with Crippen LogP contribution < -0.4 is 10.0 Å². The van der Waals surface area contributed by atoms with Gasteiger partial charge in [-0.05, 0) is 37.1 Å². The summed E-state index contributed by atoms with van der Waals surface area (Å²) in [7, 11) is -2.28. The fourth-order valence-corrected chi connectivity index (χ4v) is 2.93. The molecule has 6 nitrogen and oxygen atoms in total. The van der Waals surface area contributed by atoms with Gasteiger partial charge in [0.1, 0.15) is 0 Å². The van der Waals surface area contributed by atoms with Crippen molar-refractivity contribution in [2.45, 2.75) is 17.7 Å². The topological polar surface area (TPSA) is 89.7 Å². The summed E-state index contributed by atoms with van der Waals surface area (Å²) in [5.41, 5.74) is 0.881. The molecule has 1 aromatic rings. The number of nitrogens with two attached hydrogens (primary N) is 1. The summed E-state index contributed by atoms with van der Waals surface area (Å²) in [5.74, 6) is -0.331. The molecule has 1 aromatic carbocycles. The molecule has 1 aliphatic heterocycles. The summed E-state index contributed by atoms with van der Waals surface area (Å²) >= 11 is 0. The summed E-state index contributed by atoms with van der Waals surface area (Å²) in [5, 5.41) is 5.06. The minimum Gasteiger partial charge on any atom is -0.469 e. The lowest BCUT2D eigenvalue weighted by Crippen LogP contribution is -2.39. The molecule has 1 aliphatic rings. The average Bonchev–Trinajstić information content (AvgIpc) is 2.46. The Morgan fingerprint density at radius 2 is 2.00 bits per heavy atom. The first-order chi connectivity index (χ1) is 9.41. The lowest BCUT2D eigenvalue weighted by Gasteiger charge is -2.33. The third kappa shape index (κ3) is 3.29. The first kappa shape index (κ1) is 14.8. The van der Waals surface area contributed by atoms with E-state index in [-0.39, 0.29) is 16.8 Å². The van der Waals surface area contributed by atoms with E-state index in [4.69, 9.17) is 9.88 Å². The zero-order chi connectivity index (χ0) is 14.8. The third-order valence-corrected chi connectivity index (χ3v) is 4.42. The molecule has 1 fully saturated rings. The number of sulfonamides is 1. The Morgan fingerprint density at radius 1 is 1.35 bits per heavy atom. The van der Waals surface area contributed by atoms with Crippen LogP contribution in [0.25, 0.3) is 0 Å². The van der Waals surface area contributed by atoms with E-state index in [1.54, 1.807) is 12.1 Å². The van der Waals surface area contributed by atoms with Crippen molar-refractivity contribution < 1.29 is 17.9 Å². The molecule has 2 rings (SSSR count). The molecule has 7 heteroatoms. The molecule has 0 amide bonds. The number of primary sulfonamides is 1. The van der Waals surface area contributed by atoms with Crippen LogP contribution in [0, 0.1) is 5.92 Å². The van der Waals surface area contributed by atoms with Crippen LogP contribution in [0.15, 0.2) is 29.2 Å². The van der Waals surface area contributed by atoms with Crippen LogP contribution in [0.4, 0.5) is 5.69 Å². The van der Waals surface area contributed by atoms with Crippen molar-refractivity contribution in [3.63, 3.8) is 0 Å². The lowest BCUT2D eigenvalue weighted by atomic mass is 9.98. The van der Waals surface area contributed by atoms with Crippen LogP contribution in [0.1, 0.15) is 12.8 Å². The van der Waals surface area contributed by atoms with Gasteiger partial charge >= 0.3 is 5.97 Å². The summed E-state index contributed by atoms with van der Waals surface area (Å²) in [4.78, 5) is 13.7. The molecule has 110 valence electrons. The Labute approximate surface area is 118 Å². The van der Waals surface area contributed by atoms with Crippen molar-refractivity contribution in [1.29, 1.82) is 0 Å². The van der Waals surface area contributed by atoms with E-state index in [2.05, 4.69) is 4.90 Å². The number of anilines is 1. The van der Waals surface area contributed by atoms with Crippen LogP contribution >= 0.6 is 0 Å². The Hall–Kier alpha value is -1.60. The number of carbonyl (C=O) groups excluding carboxylic acids is 1. The minimum absolute atomic E-state index is 0.0859. The van der Waals surface area contributed by atoms with Gasteiger partial charge in [-0.1, -0.05) is 0 Å². The number of benzene rings is 1. The predicted molar refractivity (Wildman–Crippen MR) is 74.8 cm³/mol. The number of ether oxygens (including phenoxy) is 1. The average molecular weight is 298 g/mol. The minimum atomic E-state index is -3.67. The molecule has 0 spiro atoms. The Balaban J connectivity index is 2.13. The van der Waals surface area contributed by atoms with Gasteiger partial charge in [0.2, 0.25) is 10.0 Å². The number of hydrogen-bond acceptors (Lipinski definition) is 5. The van der Waals surface area contributed by atoms with Gasteiger partial charge in [-0.3, -0.25) is 4.79 Å². The molecule has 0 radical (unpaired) electrons. The summed E-state index contributed by atoms with van der Waals surface area (Å²) in [6, 6.07) is 6.37. The van der Waals surface area contributed by atoms with Gasteiger partial charge < -0.3 is 9.64 Å². The quantitative estimate of drug-likeness (QED) is 0.831. The van der Waals surface area contributed by atoms with Gasteiger partial charge in [0, 0.05) is 18.8 Å². The van der Waals surface area contributed by atoms with E-state index in [1.165, 1.54) is 19.2 Å². The highest BCUT2D eigenvalue weighted by atomic mass is 32.2. The van der Waals surface area contributed by atoms with E-state index in [1.807, 2.05) is 0 Å². The summed E-state index contributed by atoms with van der Waals surface area (Å²) in [6.45, 7) is 1.42. The van der Waals surface area contributed by atoms with Crippen LogP contribution in [-0.4, -0.2) is 34.6 Å². The second kappa shape index (κ2) is 5.80. The highest BCUT2D eigenvalue weighted by molar-refractivity contribution is 7.89. The fraction of sp³-hybridized carbons (Fsp3) is 0.462. The molecule has 1 saturated heterocycles. The van der Waals surface area contributed by atoms with Crippen LogP contribution in [-0.2, 0) is 19.6 Å².